The van der Waals surface area contributed by atoms with Crippen LogP contribution in [0.3, 0.4) is 0 Å². The normalized spacial score (nSPS) is 15.5. The first-order valence-electron chi connectivity index (χ1n) is 13.4. The first-order chi connectivity index (χ1) is 19.1. The van der Waals surface area contributed by atoms with Crippen molar-refractivity contribution in [3.63, 3.8) is 0 Å². The lowest BCUT2D eigenvalue weighted by Gasteiger charge is -2.22. The number of hydrogen-bond donors (Lipinski definition) is 2. The van der Waals surface area contributed by atoms with E-state index >= 15 is 0 Å². The molecule has 1 aliphatic rings. The standard InChI is InChI=1S/C30H34N6O3/c1-39-21-27-13-7-15-35(27)20-28(37)14-6-10-25-19-36(26-11-3-2-4-12-26)30(33-25)34-29(38)23-9-5-8-22(16-23)24-17-31-32-18-24/h2-5,8-9,11-12,16-19,27H,6-7,10,13-15,20-21H2,1H3,(H,31,32)(H,33,34,38)/t27-/m0/s1. The summed E-state index contributed by atoms with van der Waals surface area (Å²) in [5.41, 5.74) is 4.06. The van der Waals surface area contributed by atoms with Crippen LogP contribution in [-0.2, 0) is 16.0 Å². The molecule has 1 fully saturated rings. The highest BCUT2D eigenvalue weighted by Crippen LogP contribution is 2.22. The number of aromatic amines is 1. The molecule has 1 aliphatic heterocycles. The minimum absolute atomic E-state index is 0.242. The van der Waals surface area contributed by atoms with Crippen LogP contribution in [0.1, 0.15) is 41.7 Å². The Kier molecular flexibility index (Phi) is 8.60. The molecule has 1 atom stereocenters. The van der Waals surface area contributed by atoms with Crippen LogP contribution in [0.5, 0.6) is 0 Å². The highest BCUT2D eigenvalue weighted by molar-refractivity contribution is 6.04. The van der Waals surface area contributed by atoms with Crippen molar-refractivity contribution in [2.24, 2.45) is 0 Å². The molecule has 0 saturated carbocycles. The van der Waals surface area contributed by atoms with Crippen LogP contribution in [0.4, 0.5) is 5.95 Å². The fourth-order valence-corrected chi connectivity index (χ4v) is 5.10. The number of carbonyl (C=O) groups excluding carboxylic acids is 2. The first kappa shape index (κ1) is 26.5. The maximum atomic E-state index is 13.2. The van der Waals surface area contributed by atoms with Gasteiger partial charge < -0.3 is 4.74 Å². The number of nitrogens with one attached hydrogen (secondary N) is 2. The Bertz CT molecular complexity index is 1380. The molecule has 2 aromatic heterocycles. The number of carbonyl (C=O) groups is 2. The molecule has 0 unspecified atom stereocenters. The summed E-state index contributed by atoms with van der Waals surface area (Å²) >= 11 is 0. The molecule has 2 N–H and O–H groups in total. The van der Waals surface area contributed by atoms with E-state index in [9.17, 15) is 9.59 Å². The SMILES string of the molecule is COC[C@@H]1CCCN1CC(=O)CCCc1cn(-c2ccccc2)c(NC(=O)c2cccc(-c3cn[nH]c3)c2)n1. The van der Waals surface area contributed by atoms with Gasteiger partial charge in [0.15, 0.2) is 0 Å². The second-order valence-electron chi connectivity index (χ2n) is 9.90. The minimum atomic E-state index is -0.249. The van der Waals surface area contributed by atoms with E-state index in [1.54, 1.807) is 25.6 Å². The van der Waals surface area contributed by atoms with Crippen molar-refractivity contribution in [1.82, 2.24) is 24.6 Å². The van der Waals surface area contributed by atoms with Gasteiger partial charge in [0, 0.05) is 48.8 Å². The number of aromatic nitrogens is 4. The van der Waals surface area contributed by atoms with Crippen molar-refractivity contribution in [2.45, 2.75) is 38.1 Å². The second-order valence-corrected chi connectivity index (χ2v) is 9.90. The zero-order valence-corrected chi connectivity index (χ0v) is 22.2. The third-order valence-corrected chi connectivity index (χ3v) is 7.10. The van der Waals surface area contributed by atoms with Crippen molar-refractivity contribution in [3.8, 4) is 16.8 Å². The van der Waals surface area contributed by atoms with E-state index in [1.807, 2.05) is 59.3 Å². The number of para-hydroxylation sites is 1. The molecular formula is C30H34N6O3. The summed E-state index contributed by atoms with van der Waals surface area (Å²) in [5, 5.41) is 9.78. The molecule has 4 aromatic rings. The summed E-state index contributed by atoms with van der Waals surface area (Å²) in [7, 11) is 1.71. The number of methoxy groups -OCH3 is 1. The minimum Gasteiger partial charge on any atom is -0.383 e. The van der Waals surface area contributed by atoms with E-state index in [4.69, 9.17) is 9.72 Å². The summed E-state index contributed by atoms with van der Waals surface area (Å²) < 4.78 is 7.19. The van der Waals surface area contributed by atoms with E-state index in [0.717, 1.165) is 41.9 Å². The Hall–Kier alpha value is -4.08. The van der Waals surface area contributed by atoms with Gasteiger partial charge in [-0.3, -0.25) is 29.5 Å². The summed E-state index contributed by atoms with van der Waals surface area (Å²) in [4.78, 5) is 32.9. The van der Waals surface area contributed by atoms with Gasteiger partial charge in [-0.1, -0.05) is 30.3 Å². The maximum absolute atomic E-state index is 13.2. The lowest BCUT2D eigenvalue weighted by atomic mass is 10.1. The second kappa shape index (κ2) is 12.6. The quantitative estimate of drug-likeness (QED) is 0.281. The van der Waals surface area contributed by atoms with Gasteiger partial charge >= 0.3 is 0 Å². The number of aryl methyl sites for hydroxylation is 1. The van der Waals surface area contributed by atoms with Gasteiger partial charge in [-0.25, -0.2) is 4.98 Å². The molecule has 3 heterocycles. The van der Waals surface area contributed by atoms with E-state index in [2.05, 4.69) is 20.4 Å². The van der Waals surface area contributed by atoms with Gasteiger partial charge in [-0.05, 0) is 62.1 Å². The van der Waals surface area contributed by atoms with E-state index < -0.39 is 0 Å². The summed E-state index contributed by atoms with van der Waals surface area (Å²) in [6.45, 7) is 2.10. The molecular weight excluding hydrogens is 492 g/mol. The van der Waals surface area contributed by atoms with Crippen LogP contribution in [-0.4, -0.2) is 69.2 Å². The molecule has 0 radical (unpaired) electrons. The number of Topliss-reactive ketones (excluding diaryl/α,β-unsaturated/α-hetero) is 1. The molecule has 9 heteroatoms. The van der Waals surface area contributed by atoms with Crippen LogP contribution in [0, 0.1) is 0 Å². The first-order valence-corrected chi connectivity index (χ1v) is 13.4. The Morgan fingerprint density at radius 1 is 1.13 bits per heavy atom. The predicted molar refractivity (Wildman–Crippen MR) is 150 cm³/mol. The maximum Gasteiger partial charge on any atom is 0.258 e. The summed E-state index contributed by atoms with van der Waals surface area (Å²) in [5.74, 6) is 0.438. The van der Waals surface area contributed by atoms with Gasteiger partial charge in [-0.2, -0.15) is 5.10 Å². The van der Waals surface area contributed by atoms with E-state index in [1.165, 1.54) is 0 Å². The van der Waals surface area contributed by atoms with Crippen LogP contribution in [0.25, 0.3) is 16.8 Å². The monoisotopic (exact) mass is 526 g/mol. The number of amides is 1. The number of nitrogens with zero attached hydrogens (tertiary/aromatic N) is 4. The Labute approximate surface area is 228 Å². The number of H-pyrrole nitrogens is 1. The van der Waals surface area contributed by atoms with Gasteiger partial charge in [0.25, 0.3) is 5.91 Å². The van der Waals surface area contributed by atoms with E-state index in [0.29, 0.717) is 50.0 Å². The topological polar surface area (TPSA) is 105 Å². The van der Waals surface area contributed by atoms with Crippen molar-refractivity contribution >= 4 is 17.6 Å². The molecule has 2 aromatic carbocycles. The average Bonchev–Trinajstić information content (AvgIpc) is 3.72. The molecule has 39 heavy (non-hydrogen) atoms. The number of anilines is 1. The number of hydrogen-bond acceptors (Lipinski definition) is 6. The average molecular weight is 527 g/mol. The molecule has 0 aliphatic carbocycles. The zero-order chi connectivity index (χ0) is 27.0. The van der Waals surface area contributed by atoms with Gasteiger partial charge in [0.2, 0.25) is 5.95 Å². The Balaban J connectivity index is 1.25. The fraction of sp³-hybridized carbons (Fsp3) is 0.333. The molecule has 9 nitrogen and oxygen atoms in total. The van der Waals surface area contributed by atoms with E-state index in [-0.39, 0.29) is 11.7 Å². The van der Waals surface area contributed by atoms with Crippen LogP contribution < -0.4 is 5.32 Å². The van der Waals surface area contributed by atoms with Gasteiger partial charge in [0.05, 0.1) is 25.0 Å². The van der Waals surface area contributed by atoms with Gasteiger partial charge in [0.1, 0.15) is 5.78 Å². The highest BCUT2D eigenvalue weighted by atomic mass is 16.5. The lowest BCUT2D eigenvalue weighted by Crippen LogP contribution is -2.36. The number of likely N-dealkylation sites (tertiary alicyclic amines) is 1. The number of imidazole rings is 1. The third-order valence-electron chi connectivity index (χ3n) is 7.10. The molecule has 1 saturated heterocycles. The highest BCUT2D eigenvalue weighted by Gasteiger charge is 2.25. The zero-order valence-electron chi connectivity index (χ0n) is 22.2. The number of ether oxygens (including phenoxy) is 1. The van der Waals surface area contributed by atoms with Crippen molar-refractivity contribution in [1.29, 1.82) is 0 Å². The molecule has 5 rings (SSSR count). The molecule has 0 spiro atoms. The molecule has 202 valence electrons. The lowest BCUT2D eigenvalue weighted by molar-refractivity contribution is -0.120. The van der Waals surface area contributed by atoms with Crippen molar-refractivity contribution in [3.05, 3.63) is 84.4 Å². The number of ketones is 1. The van der Waals surface area contributed by atoms with Crippen molar-refractivity contribution in [2.75, 3.05) is 32.1 Å². The van der Waals surface area contributed by atoms with Crippen LogP contribution in [0.2, 0.25) is 0 Å². The van der Waals surface area contributed by atoms with Gasteiger partial charge in [-0.15, -0.1) is 0 Å². The van der Waals surface area contributed by atoms with Crippen molar-refractivity contribution < 1.29 is 14.3 Å². The summed E-state index contributed by atoms with van der Waals surface area (Å²) in [6.07, 6.45) is 9.49. The molecule has 0 bridgehead atoms. The predicted octanol–water partition coefficient (Wildman–Crippen LogP) is 4.52. The Morgan fingerprint density at radius 2 is 2.00 bits per heavy atom. The van der Waals surface area contributed by atoms with Crippen LogP contribution in [0.15, 0.2) is 73.2 Å². The number of benzene rings is 2. The van der Waals surface area contributed by atoms with Crippen LogP contribution >= 0.6 is 0 Å². The fourth-order valence-electron chi connectivity index (χ4n) is 5.10. The summed E-state index contributed by atoms with van der Waals surface area (Å²) in [6, 6.07) is 17.5. The third kappa shape index (κ3) is 6.68. The largest absolute Gasteiger partial charge is 0.383 e. The smallest absolute Gasteiger partial charge is 0.258 e. The number of rotatable bonds is 12. The molecule has 1 amide bonds. The Morgan fingerprint density at radius 3 is 2.79 bits per heavy atom.